The summed E-state index contributed by atoms with van der Waals surface area (Å²) in [5.41, 5.74) is -1.04. The predicted molar refractivity (Wildman–Crippen MR) is 48.0 cm³/mol. The van der Waals surface area contributed by atoms with E-state index in [4.69, 9.17) is 10.2 Å². The highest BCUT2D eigenvalue weighted by Gasteiger charge is 2.10. The summed E-state index contributed by atoms with van der Waals surface area (Å²) in [7, 11) is 0. The van der Waals surface area contributed by atoms with Crippen LogP contribution in [0.15, 0.2) is 29.5 Å². The van der Waals surface area contributed by atoms with Crippen molar-refractivity contribution in [1.29, 1.82) is 0 Å². The van der Waals surface area contributed by atoms with Crippen LogP contribution in [0.3, 0.4) is 0 Å². The summed E-state index contributed by atoms with van der Waals surface area (Å²) in [5, 5.41) is 17.1. The first-order valence-corrected chi connectivity index (χ1v) is 3.73. The van der Waals surface area contributed by atoms with Crippen LogP contribution in [0, 0.1) is 0 Å². The average Bonchev–Trinajstić information content (AvgIpc) is 2.15. The molecule has 0 aromatic carbocycles. The number of hydrogen-bond donors (Lipinski definition) is 2. The Hall–Kier alpha value is -2.44. The van der Waals surface area contributed by atoms with E-state index in [1.807, 2.05) is 0 Å². The van der Waals surface area contributed by atoms with Crippen molar-refractivity contribution in [1.82, 2.24) is 9.55 Å². The van der Waals surface area contributed by atoms with Gasteiger partial charge in [0, 0.05) is 12.3 Å². The number of nitrogens with zero attached hydrogens (tertiary/aromatic N) is 2. The quantitative estimate of drug-likeness (QED) is 0.635. The van der Waals surface area contributed by atoms with E-state index < -0.39 is 23.2 Å². The van der Waals surface area contributed by atoms with Crippen LogP contribution < -0.4 is 5.56 Å². The van der Waals surface area contributed by atoms with E-state index in [2.05, 4.69) is 4.98 Å². The van der Waals surface area contributed by atoms with Crippen molar-refractivity contribution in [2.45, 2.75) is 0 Å². The molecule has 15 heavy (non-hydrogen) atoms. The number of aliphatic carboxylic acids is 2. The SMILES string of the molecule is O=C(O)C=C(C(=O)O)n1ccc(=O)nc1. The molecule has 0 unspecified atom stereocenters. The first kappa shape index (κ1) is 10.6. The lowest BCUT2D eigenvalue weighted by Crippen LogP contribution is -2.14. The fraction of sp³-hybridized carbons (Fsp3) is 0. The predicted octanol–water partition coefficient (Wildman–Crippen LogP) is -0.747. The van der Waals surface area contributed by atoms with Crippen LogP contribution in [0.2, 0.25) is 0 Å². The monoisotopic (exact) mass is 210 g/mol. The van der Waals surface area contributed by atoms with Gasteiger partial charge in [-0.05, 0) is 0 Å². The number of carboxylic acids is 2. The summed E-state index contributed by atoms with van der Waals surface area (Å²) in [5.74, 6) is -2.83. The van der Waals surface area contributed by atoms with Crippen molar-refractivity contribution in [3.8, 4) is 0 Å². The lowest BCUT2D eigenvalue weighted by atomic mass is 10.4. The molecule has 7 nitrogen and oxygen atoms in total. The van der Waals surface area contributed by atoms with Crippen LogP contribution in [-0.2, 0) is 9.59 Å². The molecule has 0 spiro atoms. The van der Waals surface area contributed by atoms with Crippen LogP contribution in [0.25, 0.3) is 5.70 Å². The van der Waals surface area contributed by atoms with Gasteiger partial charge in [0.1, 0.15) is 12.0 Å². The summed E-state index contributed by atoms with van der Waals surface area (Å²) in [6.45, 7) is 0. The van der Waals surface area contributed by atoms with Gasteiger partial charge in [0.05, 0.1) is 6.08 Å². The van der Waals surface area contributed by atoms with Crippen LogP contribution in [0.1, 0.15) is 0 Å². The summed E-state index contributed by atoms with van der Waals surface area (Å²) in [4.78, 5) is 34.9. The molecule has 0 saturated carbocycles. The Labute approximate surface area is 82.9 Å². The standard InChI is InChI=1S/C8H6N2O5/c11-6-1-2-10(4-9-6)5(8(14)15)3-7(12)13/h1-4H,(H,12,13)(H,14,15). The van der Waals surface area contributed by atoms with Gasteiger partial charge in [-0.3, -0.25) is 4.79 Å². The zero-order valence-electron chi connectivity index (χ0n) is 7.32. The Morgan fingerprint density at radius 1 is 1.40 bits per heavy atom. The Kier molecular flexibility index (Phi) is 2.97. The highest BCUT2D eigenvalue weighted by atomic mass is 16.4. The molecule has 0 saturated heterocycles. The second kappa shape index (κ2) is 4.18. The number of aromatic nitrogens is 2. The van der Waals surface area contributed by atoms with Crippen LogP contribution in [-0.4, -0.2) is 31.7 Å². The fourth-order valence-corrected chi connectivity index (χ4v) is 0.851. The van der Waals surface area contributed by atoms with E-state index in [-0.39, 0.29) is 0 Å². The maximum atomic E-state index is 10.7. The highest BCUT2D eigenvalue weighted by molar-refractivity contribution is 6.13. The largest absolute Gasteiger partial charge is 0.478 e. The third-order valence-corrected chi connectivity index (χ3v) is 1.44. The van der Waals surface area contributed by atoms with Gasteiger partial charge in [0.15, 0.2) is 0 Å². The van der Waals surface area contributed by atoms with Crippen molar-refractivity contribution in [2.24, 2.45) is 0 Å². The molecule has 0 aliphatic carbocycles. The van der Waals surface area contributed by atoms with E-state index in [0.29, 0.717) is 6.08 Å². The molecule has 0 aliphatic heterocycles. The molecule has 1 rings (SSSR count). The Morgan fingerprint density at radius 3 is 2.47 bits per heavy atom. The zero-order chi connectivity index (χ0) is 11.4. The Bertz CT molecular complexity index is 468. The van der Waals surface area contributed by atoms with Crippen molar-refractivity contribution in [2.75, 3.05) is 0 Å². The number of carboxylic acid groups (broad SMARTS) is 2. The van der Waals surface area contributed by atoms with E-state index >= 15 is 0 Å². The van der Waals surface area contributed by atoms with Crippen LogP contribution >= 0.6 is 0 Å². The second-order valence-electron chi connectivity index (χ2n) is 2.48. The van der Waals surface area contributed by atoms with Gasteiger partial charge in [0.25, 0.3) is 5.56 Å². The molecule has 1 aromatic rings. The third kappa shape index (κ3) is 2.76. The fourth-order valence-electron chi connectivity index (χ4n) is 0.851. The molecule has 2 N–H and O–H groups in total. The van der Waals surface area contributed by atoms with E-state index in [1.165, 1.54) is 0 Å². The average molecular weight is 210 g/mol. The minimum atomic E-state index is -1.43. The van der Waals surface area contributed by atoms with Crippen molar-refractivity contribution >= 4 is 17.6 Å². The first-order valence-electron chi connectivity index (χ1n) is 3.73. The van der Waals surface area contributed by atoms with E-state index in [1.54, 1.807) is 0 Å². The van der Waals surface area contributed by atoms with E-state index in [9.17, 15) is 14.4 Å². The van der Waals surface area contributed by atoms with Crippen molar-refractivity contribution in [3.63, 3.8) is 0 Å². The van der Waals surface area contributed by atoms with Crippen molar-refractivity contribution < 1.29 is 19.8 Å². The smallest absolute Gasteiger partial charge is 0.353 e. The first-order chi connectivity index (χ1) is 7.00. The Balaban J connectivity index is 3.22. The van der Waals surface area contributed by atoms with E-state index in [0.717, 1.165) is 23.2 Å². The second-order valence-corrected chi connectivity index (χ2v) is 2.48. The summed E-state index contributed by atoms with van der Waals surface area (Å²) < 4.78 is 0.928. The minimum Gasteiger partial charge on any atom is -0.478 e. The summed E-state index contributed by atoms with van der Waals surface area (Å²) in [6.07, 6.45) is 2.57. The molecule has 0 aliphatic rings. The van der Waals surface area contributed by atoms with Crippen LogP contribution in [0.5, 0.6) is 0 Å². The summed E-state index contributed by atoms with van der Waals surface area (Å²) >= 11 is 0. The number of rotatable bonds is 3. The lowest BCUT2D eigenvalue weighted by Gasteiger charge is -2.03. The van der Waals surface area contributed by atoms with Crippen molar-refractivity contribution in [3.05, 3.63) is 35.0 Å². The molecule has 0 fully saturated rings. The van der Waals surface area contributed by atoms with Gasteiger partial charge >= 0.3 is 11.9 Å². The molecule has 0 amide bonds. The Morgan fingerprint density at radius 2 is 2.07 bits per heavy atom. The van der Waals surface area contributed by atoms with Gasteiger partial charge in [-0.25, -0.2) is 9.59 Å². The molecule has 1 aromatic heterocycles. The molecule has 7 heteroatoms. The normalized spacial score (nSPS) is 11.1. The van der Waals surface area contributed by atoms with Gasteiger partial charge in [-0.15, -0.1) is 0 Å². The number of carbonyl (C=O) groups is 2. The molecule has 1 heterocycles. The maximum absolute atomic E-state index is 10.7. The highest BCUT2D eigenvalue weighted by Crippen LogP contribution is 2.01. The molecular weight excluding hydrogens is 204 g/mol. The molecule has 78 valence electrons. The van der Waals surface area contributed by atoms with Gasteiger partial charge in [-0.2, -0.15) is 4.98 Å². The van der Waals surface area contributed by atoms with Gasteiger partial charge < -0.3 is 14.8 Å². The maximum Gasteiger partial charge on any atom is 0.353 e. The van der Waals surface area contributed by atoms with Gasteiger partial charge in [0.2, 0.25) is 0 Å². The third-order valence-electron chi connectivity index (χ3n) is 1.44. The molecule has 0 radical (unpaired) electrons. The molecule has 0 bridgehead atoms. The molecule has 0 atom stereocenters. The van der Waals surface area contributed by atoms with Gasteiger partial charge in [-0.1, -0.05) is 0 Å². The van der Waals surface area contributed by atoms with Crippen LogP contribution in [0.4, 0.5) is 0 Å². The minimum absolute atomic E-state index is 0.505. The zero-order valence-corrected chi connectivity index (χ0v) is 7.32. The molecular formula is C8H6N2O5. The lowest BCUT2D eigenvalue weighted by molar-refractivity contribution is -0.133. The topological polar surface area (TPSA) is 109 Å². The number of hydrogen-bond acceptors (Lipinski definition) is 4. The summed E-state index contributed by atoms with van der Waals surface area (Å²) in [6, 6.07) is 1.03.